The van der Waals surface area contributed by atoms with Crippen LogP contribution in [-0.2, 0) is 14.4 Å². The van der Waals surface area contributed by atoms with Crippen LogP contribution in [0.5, 0.6) is 0 Å². The van der Waals surface area contributed by atoms with Gasteiger partial charge in [-0.15, -0.1) is 0 Å². The molecule has 0 radical (unpaired) electrons. The minimum atomic E-state index is -1.71. The lowest BCUT2D eigenvalue weighted by molar-refractivity contribution is -0.129. The number of carbonyl (C=O) groups excluding carboxylic acids is 5. The average Bonchev–Trinajstić information content (AvgIpc) is 3.21. The molecule has 1 aliphatic rings. The molecule has 0 bridgehead atoms. The first-order valence-electron chi connectivity index (χ1n) is 16.2. The Bertz CT molecular complexity index is 2040. The van der Waals surface area contributed by atoms with Gasteiger partial charge in [-0.2, -0.15) is 0 Å². The molecule has 0 aromatic heterocycles. The number of hydrogen-bond acceptors (Lipinski definition) is 5. The van der Waals surface area contributed by atoms with E-state index in [2.05, 4.69) is 10.6 Å². The van der Waals surface area contributed by atoms with E-state index in [0.29, 0.717) is 33.9 Å². The highest BCUT2D eigenvalue weighted by atomic mass is 16.2. The molecule has 2 N–H and O–H groups in total. The van der Waals surface area contributed by atoms with Crippen molar-refractivity contribution in [3.8, 4) is 0 Å². The highest BCUT2D eigenvalue weighted by Crippen LogP contribution is 2.38. The summed E-state index contributed by atoms with van der Waals surface area (Å²) in [6.07, 6.45) is 0. The number of hydrogen-bond donors (Lipinski definition) is 2. The summed E-state index contributed by atoms with van der Waals surface area (Å²) in [6.45, 7) is 3.35. The zero-order valence-corrected chi connectivity index (χ0v) is 27.5. The summed E-state index contributed by atoms with van der Waals surface area (Å²) >= 11 is 0. The normalized spacial score (nSPS) is 14.1. The second-order valence-electron chi connectivity index (χ2n) is 11.9. The summed E-state index contributed by atoms with van der Waals surface area (Å²) in [7, 11) is 0. The van der Waals surface area contributed by atoms with E-state index in [4.69, 9.17) is 0 Å². The topological polar surface area (TPSA) is 119 Å². The Labute approximate surface area is 289 Å². The molecule has 1 heterocycles. The molecule has 5 aromatic carbocycles. The van der Waals surface area contributed by atoms with Crippen molar-refractivity contribution in [2.75, 3.05) is 26.6 Å². The van der Waals surface area contributed by atoms with Gasteiger partial charge in [0, 0.05) is 34.2 Å². The lowest BCUT2D eigenvalue weighted by Gasteiger charge is -2.31. The van der Waals surface area contributed by atoms with Gasteiger partial charge >= 0.3 is 6.03 Å². The van der Waals surface area contributed by atoms with Crippen molar-refractivity contribution in [1.29, 1.82) is 0 Å². The molecule has 0 saturated carbocycles. The van der Waals surface area contributed by atoms with Crippen molar-refractivity contribution in [3.05, 3.63) is 151 Å². The number of ketones is 1. The van der Waals surface area contributed by atoms with Gasteiger partial charge in [-0.3, -0.25) is 29.0 Å². The van der Waals surface area contributed by atoms with Gasteiger partial charge in [-0.25, -0.2) is 4.79 Å². The SMILES string of the molecule is CC(C)N(C(=O)CN1C(=O)C(NC(=O)Nc2cccc(C(=O)c3ccccc3)c2)C(=O)N(c2ccccc2)c2ccccc21)c1ccccc1. The smallest absolute Gasteiger partial charge is 0.318 e. The number of para-hydroxylation sites is 4. The molecule has 5 amide bonds. The van der Waals surface area contributed by atoms with Crippen LogP contribution in [0.2, 0.25) is 0 Å². The maximum atomic E-state index is 14.5. The molecule has 0 spiro atoms. The third-order valence-electron chi connectivity index (χ3n) is 8.22. The van der Waals surface area contributed by atoms with Crippen LogP contribution in [-0.4, -0.2) is 48.2 Å². The monoisotopic (exact) mass is 665 g/mol. The van der Waals surface area contributed by atoms with Crippen molar-refractivity contribution in [2.24, 2.45) is 0 Å². The molecule has 0 fully saturated rings. The molecule has 250 valence electrons. The van der Waals surface area contributed by atoms with Gasteiger partial charge in [-0.05, 0) is 62.4 Å². The van der Waals surface area contributed by atoms with Gasteiger partial charge in [0.05, 0.1) is 11.4 Å². The van der Waals surface area contributed by atoms with Gasteiger partial charge in [0.1, 0.15) is 6.54 Å². The minimum Gasteiger partial charge on any atom is -0.318 e. The highest BCUT2D eigenvalue weighted by molar-refractivity contribution is 6.25. The van der Waals surface area contributed by atoms with Crippen LogP contribution in [0.25, 0.3) is 0 Å². The van der Waals surface area contributed by atoms with E-state index in [0.717, 1.165) is 0 Å². The first-order valence-corrected chi connectivity index (χ1v) is 16.2. The Morgan fingerprint density at radius 2 is 1.26 bits per heavy atom. The van der Waals surface area contributed by atoms with E-state index in [1.165, 1.54) is 15.9 Å². The summed E-state index contributed by atoms with van der Waals surface area (Å²) in [5, 5.41) is 5.23. The van der Waals surface area contributed by atoms with Crippen LogP contribution in [0.4, 0.5) is 33.2 Å². The molecular weight excluding hydrogens is 630 g/mol. The predicted octanol–water partition coefficient (Wildman–Crippen LogP) is 6.56. The van der Waals surface area contributed by atoms with E-state index >= 15 is 0 Å². The molecule has 1 unspecified atom stereocenters. The van der Waals surface area contributed by atoms with E-state index in [1.807, 2.05) is 50.2 Å². The quantitative estimate of drug-likeness (QED) is 0.137. The zero-order chi connectivity index (χ0) is 35.2. The fourth-order valence-corrected chi connectivity index (χ4v) is 5.96. The Kier molecular flexibility index (Phi) is 9.80. The molecule has 1 atom stereocenters. The molecule has 6 rings (SSSR count). The molecule has 0 aliphatic carbocycles. The summed E-state index contributed by atoms with van der Waals surface area (Å²) in [5.74, 6) is -2.10. The first-order chi connectivity index (χ1) is 24.2. The summed E-state index contributed by atoms with van der Waals surface area (Å²) in [5.41, 5.74) is 2.95. The van der Waals surface area contributed by atoms with Crippen molar-refractivity contribution in [1.82, 2.24) is 5.32 Å². The maximum Gasteiger partial charge on any atom is 0.320 e. The van der Waals surface area contributed by atoms with Crippen LogP contribution in [0.15, 0.2) is 140 Å². The molecule has 0 saturated heterocycles. The molecule has 10 nitrogen and oxygen atoms in total. The average molecular weight is 666 g/mol. The highest BCUT2D eigenvalue weighted by Gasteiger charge is 2.43. The number of nitrogens with zero attached hydrogens (tertiary/aromatic N) is 3. The molecule has 50 heavy (non-hydrogen) atoms. The summed E-state index contributed by atoms with van der Waals surface area (Å²) < 4.78 is 0. The van der Waals surface area contributed by atoms with Crippen LogP contribution in [0.3, 0.4) is 0 Å². The minimum absolute atomic E-state index is 0.230. The van der Waals surface area contributed by atoms with E-state index in [9.17, 15) is 24.0 Å². The number of urea groups is 1. The van der Waals surface area contributed by atoms with E-state index in [-0.39, 0.29) is 23.4 Å². The second kappa shape index (κ2) is 14.7. The standard InChI is InChI=1S/C40H35N5O5/c1-27(2)44(31-19-8-4-9-20-31)35(46)26-43-33-23-12-13-24-34(33)45(32-21-10-5-11-22-32)39(49)36(38(43)48)42-40(50)41-30-18-14-17-29(25-30)37(47)28-15-6-3-7-16-28/h3-25,27,36H,26H2,1-2H3,(H2,41,42,50). The van der Waals surface area contributed by atoms with Crippen LogP contribution < -0.4 is 25.3 Å². The van der Waals surface area contributed by atoms with E-state index in [1.54, 1.807) is 102 Å². The first kappa shape index (κ1) is 33.4. The second-order valence-corrected chi connectivity index (χ2v) is 11.9. The van der Waals surface area contributed by atoms with Crippen molar-refractivity contribution < 1.29 is 24.0 Å². The number of carbonyl (C=O) groups is 5. The fraction of sp³-hybridized carbons (Fsp3) is 0.125. The Morgan fingerprint density at radius 3 is 1.92 bits per heavy atom. The predicted molar refractivity (Wildman–Crippen MR) is 194 cm³/mol. The largest absolute Gasteiger partial charge is 0.320 e. The summed E-state index contributed by atoms with van der Waals surface area (Å²) in [6, 6.07) is 37.0. The van der Waals surface area contributed by atoms with Crippen LogP contribution in [0, 0.1) is 0 Å². The third-order valence-corrected chi connectivity index (χ3v) is 8.22. The van der Waals surface area contributed by atoms with Gasteiger partial charge in [-0.1, -0.05) is 91.0 Å². The molecular formula is C40H35N5O5. The zero-order valence-electron chi connectivity index (χ0n) is 27.5. The fourth-order valence-electron chi connectivity index (χ4n) is 5.96. The van der Waals surface area contributed by atoms with Gasteiger partial charge in [0.2, 0.25) is 5.91 Å². The Hall–Kier alpha value is -6.55. The van der Waals surface area contributed by atoms with Gasteiger partial charge in [0.25, 0.3) is 11.8 Å². The lowest BCUT2D eigenvalue weighted by Crippen LogP contribution is -2.57. The molecule has 1 aliphatic heterocycles. The molecule has 10 heteroatoms. The van der Waals surface area contributed by atoms with Gasteiger partial charge in [0.15, 0.2) is 11.8 Å². The number of benzene rings is 5. The summed E-state index contributed by atoms with van der Waals surface area (Å²) in [4.78, 5) is 73.7. The van der Waals surface area contributed by atoms with Crippen molar-refractivity contribution >= 4 is 58.0 Å². The number of amides is 5. The number of fused-ring (bicyclic) bond motifs is 1. The van der Waals surface area contributed by atoms with Crippen molar-refractivity contribution in [3.63, 3.8) is 0 Å². The number of anilines is 5. The van der Waals surface area contributed by atoms with Crippen molar-refractivity contribution in [2.45, 2.75) is 25.9 Å². The van der Waals surface area contributed by atoms with Gasteiger partial charge < -0.3 is 15.5 Å². The third kappa shape index (κ3) is 7.00. The van der Waals surface area contributed by atoms with Crippen LogP contribution >= 0.6 is 0 Å². The lowest BCUT2D eigenvalue weighted by atomic mass is 10.0. The Balaban J connectivity index is 1.34. The number of rotatable bonds is 9. The number of nitrogens with one attached hydrogen (secondary N) is 2. The Morgan fingerprint density at radius 1 is 0.680 bits per heavy atom. The van der Waals surface area contributed by atoms with Crippen LogP contribution in [0.1, 0.15) is 29.8 Å². The van der Waals surface area contributed by atoms with E-state index < -0.39 is 30.4 Å². The maximum absolute atomic E-state index is 14.5. The molecule has 5 aromatic rings.